The highest BCUT2D eigenvalue weighted by atomic mass is 35.5. The van der Waals surface area contributed by atoms with Gasteiger partial charge in [-0.1, -0.05) is 36.4 Å². The van der Waals surface area contributed by atoms with E-state index >= 15 is 0 Å². The lowest BCUT2D eigenvalue weighted by Crippen LogP contribution is -2.36. The normalized spacial score (nSPS) is 16.0. The maximum Gasteiger partial charge on any atom is 0.199 e. The maximum absolute atomic E-state index is 12.4. The molecule has 126 valence electrons. The second-order valence-corrected chi connectivity index (χ2v) is 7.58. The first kappa shape index (κ1) is 17.7. The van der Waals surface area contributed by atoms with Crippen molar-refractivity contribution in [3.05, 3.63) is 63.1 Å². The molecule has 0 N–H and O–H groups in total. The summed E-state index contributed by atoms with van der Waals surface area (Å²) in [5.74, 6) is -3.16. The van der Waals surface area contributed by atoms with Gasteiger partial charge in [-0.15, -0.1) is 11.3 Å². The monoisotopic (exact) mass is 391 g/mol. The Labute approximate surface area is 157 Å². The Kier molecular flexibility index (Phi) is 4.49. The van der Waals surface area contributed by atoms with Gasteiger partial charge in [-0.05, 0) is 25.1 Å². The highest BCUT2D eigenvalue weighted by Gasteiger charge is 2.43. The number of Topliss-reactive ketones (excluding diaryl/α,β-unsaturated/α-hetero) is 3. The van der Waals surface area contributed by atoms with Crippen LogP contribution in [0.3, 0.4) is 0 Å². The SMILES string of the molecule is C=C1C(=O)C(=C)C(=O)C(c2nc(-c3ccc(Cl)cc3Cl)sc2C)C1=O. The lowest BCUT2D eigenvalue weighted by molar-refractivity contribution is -0.130. The molecular formula is C18H11Cl2NO3S. The first-order valence-electron chi connectivity index (χ1n) is 7.16. The van der Waals surface area contributed by atoms with Gasteiger partial charge in [-0.2, -0.15) is 0 Å². The zero-order valence-electron chi connectivity index (χ0n) is 13.1. The fourth-order valence-corrected chi connectivity index (χ4v) is 4.12. The molecule has 1 aliphatic carbocycles. The summed E-state index contributed by atoms with van der Waals surface area (Å²) in [7, 11) is 0. The van der Waals surface area contributed by atoms with Crippen LogP contribution >= 0.6 is 34.5 Å². The van der Waals surface area contributed by atoms with Crippen molar-refractivity contribution < 1.29 is 14.4 Å². The van der Waals surface area contributed by atoms with Gasteiger partial charge in [-0.3, -0.25) is 14.4 Å². The van der Waals surface area contributed by atoms with Crippen LogP contribution in [0.25, 0.3) is 10.6 Å². The van der Waals surface area contributed by atoms with Crippen LogP contribution in [0, 0.1) is 6.92 Å². The van der Waals surface area contributed by atoms with E-state index in [1.165, 1.54) is 11.3 Å². The van der Waals surface area contributed by atoms with Crippen molar-refractivity contribution in [3.63, 3.8) is 0 Å². The van der Waals surface area contributed by atoms with Crippen molar-refractivity contribution in [1.29, 1.82) is 0 Å². The number of carbonyl (C=O) groups excluding carboxylic acids is 3. The summed E-state index contributed by atoms with van der Waals surface area (Å²) in [6.07, 6.45) is 0. The average molecular weight is 392 g/mol. The number of ketones is 3. The van der Waals surface area contributed by atoms with Crippen LogP contribution in [0.15, 0.2) is 42.5 Å². The summed E-state index contributed by atoms with van der Waals surface area (Å²) in [6.45, 7) is 8.72. The number of nitrogens with zero attached hydrogens (tertiary/aromatic N) is 1. The van der Waals surface area contributed by atoms with Gasteiger partial charge in [0, 0.05) is 15.5 Å². The Bertz CT molecular complexity index is 960. The van der Waals surface area contributed by atoms with Gasteiger partial charge >= 0.3 is 0 Å². The summed E-state index contributed by atoms with van der Waals surface area (Å²) in [5, 5.41) is 1.46. The van der Waals surface area contributed by atoms with E-state index in [1.807, 2.05) is 0 Å². The van der Waals surface area contributed by atoms with Crippen molar-refractivity contribution in [2.24, 2.45) is 0 Å². The van der Waals surface area contributed by atoms with E-state index in [0.29, 0.717) is 31.2 Å². The van der Waals surface area contributed by atoms with E-state index in [4.69, 9.17) is 23.2 Å². The van der Waals surface area contributed by atoms with Crippen LogP contribution in [0.4, 0.5) is 0 Å². The Morgan fingerprint density at radius 1 is 1.08 bits per heavy atom. The quantitative estimate of drug-likeness (QED) is 0.433. The number of hydrogen-bond acceptors (Lipinski definition) is 5. The standard InChI is InChI=1S/C18H11Cl2NO3S/c1-7-15(22)8(2)17(24)13(16(7)23)14-9(3)25-18(21-14)11-5-4-10(19)6-12(11)20/h4-6,13H,1-2H2,3H3. The van der Waals surface area contributed by atoms with Gasteiger partial charge in [-0.25, -0.2) is 4.98 Å². The topological polar surface area (TPSA) is 64.1 Å². The molecule has 1 aromatic carbocycles. The van der Waals surface area contributed by atoms with Crippen LogP contribution in [0.5, 0.6) is 0 Å². The molecule has 2 aromatic rings. The van der Waals surface area contributed by atoms with Gasteiger partial charge in [0.15, 0.2) is 17.3 Å². The molecule has 3 rings (SSSR count). The van der Waals surface area contributed by atoms with Crippen molar-refractivity contribution in [2.45, 2.75) is 12.8 Å². The number of hydrogen-bond donors (Lipinski definition) is 0. The number of rotatable bonds is 2. The van der Waals surface area contributed by atoms with Crippen LogP contribution in [-0.2, 0) is 14.4 Å². The minimum absolute atomic E-state index is 0.243. The number of aryl methyl sites for hydroxylation is 1. The minimum Gasteiger partial charge on any atom is -0.293 e. The smallest absolute Gasteiger partial charge is 0.199 e. The number of aromatic nitrogens is 1. The Morgan fingerprint density at radius 2 is 1.68 bits per heavy atom. The van der Waals surface area contributed by atoms with Crippen LogP contribution < -0.4 is 0 Å². The summed E-state index contributed by atoms with van der Waals surface area (Å²) in [6, 6.07) is 4.99. The molecule has 0 bridgehead atoms. The first-order valence-corrected chi connectivity index (χ1v) is 8.73. The molecule has 0 radical (unpaired) electrons. The minimum atomic E-state index is -1.19. The number of benzene rings is 1. The number of halogens is 2. The van der Waals surface area contributed by atoms with Crippen LogP contribution in [0.2, 0.25) is 10.0 Å². The number of allylic oxidation sites excluding steroid dienone is 2. The molecule has 1 heterocycles. The maximum atomic E-state index is 12.4. The zero-order valence-corrected chi connectivity index (χ0v) is 15.4. The number of thiazole rings is 1. The molecule has 1 aliphatic rings. The highest BCUT2D eigenvalue weighted by molar-refractivity contribution is 7.15. The molecule has 0 unspecified atom stereocenters. The third-order valence-electron chi connectivity index (χ3n) is 3.93. The van der Waals surface area contributed by atoms with E-state index in [2.05, 4.69) is 18.1 Å². The van der Waals surface area contributed by atoms with E-state index in [9.17, 15) is 14.4 Å². The molecule has 1 saturated carbocycles. The second-order valence-electron chi connectivity index (χ2n) is 5.53. The molecule has 0 saturated heterocycles. The fourth-order valence-electron chi connectivity index (χ4n) is 2.58. The molecule has 1 aromatic heterocycles. The van der Waals surface area contributed by atoms with Gasteiger partial charge in [0.05, 0.1) is 21.9 Å². The van der Waals surface area contributed by atoms with E-state index in [-0.39, 0.29) is 11.1 Å². The van der Waals surface area contributed by atoms with Gasteiger partial charge in [0.1, 0.15) is 10.9 Å². The molecule has 0 atom stereocenters. The van der Waals surface area contributed by atoms with E-state index in [0.717, 1.165) is 0 Å². The van der Waals surface area contributed by atoms with Gasteiger partial charge in [0.2, 0.25) is 0 Å². The van der Waals surface area contributed by atoms with Crippen molar-refractivity contribution in [3.8, 4) is 10.6 Å². The molecule has 4 nitrogen and oxygen atoms in total. The summed E-state index contributed by atoms with van der Waals surface area (Å²) >= 11 is 13.4. The molecule has 0 amide bonds. The van der Waals surface area contributed by atoms with E-state index in [1.54, 1.807) is 25.1 Å². The van der Waals surface area contributed by atoms with E-state index < -0.39 is 23.3 Å². The van der Waals surface area contributed by atoms with Crippen molar-refractivity contribution >= 4 is 51.9 Å². The fraction of sp³-hybridized carbons (Fsp3) is 0.111. The summed E-state index contributed by atoms with van der Waals surface area (Å²) in [5.41, 5.74) is 0.465. The third kappa shape index (κ3) is 2.88. The van der Waals surface area contributed by atoms with Crippen molar-refractivity contribution in [1.82, 2.24) is 4.98 Å². The molecule has 0 aliphatic heterocycles. The predicted octanol–water partition coefficient (Wildman–Crippen LogP) is 4.34. The molecule has 25 heavy (non-hydrogen) atoms. The average Bonchev–Trinajstić information content (AvgIpc) is 2.92. The van der Waals surface area contributed by atoms with Crippen LogP contribution in [0.1, 0.15) is 16.5 Å². The lowest BCUT2D eigenvalue weighted by atomic mass is 9.78. The lowest BCUT2D eigenvalue weighted by Gasteiger charge is -2.20. The van der Waals surface area contributed by atoms with Gasteiger partial charge < -0.3 is 0 Å². The largest absolute Gasteiger partial charge is 0.293 e. The van der Waals surface area contributed by atoms with Crippen LogP contribution in [-0.4, -0.2) is 22.3 Å². The summed E-state index contributed by atoms with van der Waals surface area (Å²) in [4.78, 5) is 41.8. The van der Waals surface area contributed by atoms with Crippen molar-refractivity contribution in [2.75, 3.05) is 0 Å². The molecule has 1 fully saturated rings. The second kappa shape index (κ2) is 6.33. The predicted molar refractivity (Wildman–Crippen MR) is 98.3 cm³/mol. The Morgan fingerprint density at radius 3 is 2.24 bits per heavy atom. The first-order chi connectivity index (χ1) is 11.7. The summed E-state index contributed by atoms with van der Waals surface area (Å²) < 4.78 is 0. The molecule has 0 spiro atoms. The zero-order chi connectivity index (χ0) is 18.5. The Balaban J connectivity index is 2.10. The molecular weight excluding hydrogens is 381 g/mol. The van der Waals surface area contributed by atoms with Gasteiger partial charge in [0.25, 0.3) is 0 Å². The third-order valence-corrected chi connectivity index (χ3v) is 5.50. The number of carbonyl (C=O) groups is 3. The molecule has 7 heteroatoms. The Hall–Kier alpha value is -2.08. The highest BCUT2D eigenvalue weighted by Crippen LogP contribution is 2.38.